The molecule has 4 heterocycles. The van der Waals surface area contributed by atoms with Crippen molar-refractivity contribution in [3.63, 3.8) is 0 Å². The van der Waals surface area contributed by atoms with Gasteiger partial charge in [-0.15, -0.1) is 10.2 Å². The monoisotopic (exact) mass is 461 g/mol. The molecule has 1 aliphatic heterocycles. The molecule has 0 N–H and O–H groups in total. The molecule has 5 rings (SSSR count). The van der Waals surface area contributed by atoms with Crippen LogP contribution in [0.5, 0.6) is 0 Å². The topological polar surface area (TPSA) is 73.8 Å². The third kappa shape index (κ3) is 3.70. The molecule has 0 spiro atoms. The van der Waals surface area contributed by atoms with Gasteiger partial charge < -0.3 is 14.0 Å². The molecule has 0 atom stereocenters. The van der Waals surface area contributed by atoms with E-state index >= 15 is 0 Å². The van der Waals surface area contributed by atoms with Gasteiger partial charge in [0.1, 0.15) is 17.8 Å². The van der Waals surface area contributed by atoms with Gasteiger partial charge in [0.25, 0.3) is 5.91 Å². The zero-order valence-electron chi connectivity index (χ0n) is 19.9. The first-order valence-corrected chi connectivity index (χ1v) is 11.5. The van der Waals surface area contributed by atoms with E-state index in [1.807, 2.05) is 48.0 Å². The lowest BCUT2D eigenvalue weighted by Crippen LogP contribution is -2.36. The number of carbonyl (C=O) groups excluding carboxylic acids is 1. The maximum absolute atomic E-state index is 13.6. The van der Waals surface area contributed by atoms with Crippen LogP contribution in [0.4, 0.5) is 4.39 Å². The summed E-state index contributed by atoms with van der Waals surface area (Å²) >= 11 is 0. The van der Waals surface area contributed by atoms with Crippen LogP contribution < -0.4 is 0 Å². The largest absolute Gasteiger partial charge is 0.344 e. The minimum atomic E-state index is -0.253. The van der Waals surface area contributed by atoms with Gasteiger partial charge in [-0.2, -0.15) is 5.10 Å². The first kappa shape index (κ1) is 22.1. The average molecular weight is 462 g/mol. The van der Waals surface area contributed by atoms with Crippen molar-refractivity contribution in [1.29, 1.82) is 0 Å². The Labute approximate surface area is 197 Å². The van der Waals surface area contributed by atoms with E-state index in [-0.39, 0.29) is 11.7 Å². The third-order valence-electron chi connectivity index (χ3n) is 6.76. The molecular weight excluding hydrogens is 433 g/mol. The van der Waals surface area contributed by atoms with Crippen LogP contribution in [0.3, 0.4) is 0 Å². The van der Waals surface area contributed by atoms with Gasteiger partial charge in [-0.05, 0) is 44.5 Å². The van der Waals surface area contributed by atoms with Crippen LogP contribution in [0.1, 0.15) is 45.5 Å². The second-order valence-electron chi connectivity index (χ2n) is 8.81. The van der Waals surface area contributed by atoms with Crippen molar-refractivity contribution in [2.75, 3.05) is 6.54 Å². The van der Waals surface area contributed by atoms with Gasteiger partial charge >= 0.3 is 0 Å². The van der Waals surface area contributed by atoms with Crippen LogP contribution in [0.15, 0.2) is 36.7 Å². The molecule has 9 heteroatoms. The Balaban J connectivity index is 1.43. The number of aromatic nitrogens is 6. The maximum atomic E-state index is 13.6. The molecule has 4 aromatic rings. The van der Waals surface area contributed by atoms with Crippen LogP contribution in [0.2, 0.25) is 0 Å². The summed E-state index contributed by atoms with van der Waals surface area (Å²) in [6, 6.07) is 8.44. The second kappa shape index (κ2) is 8.55. The highest BCUT2D eigenvalue weighted by atomic mass is 19.1. The first-order valence-electron chi connectivity index (χ1n) is 11.5. The molecule has 0 radical (unpaired) electrons. The van der Waals surface area contributed by atoms with Gasteiger partial charge in [0.05, 0.1) is 12.1 Å². The average Bonchev–Trinajstić information content (AvgIpc) is 3.51. The molecule has 0 aliphatic carbocycles. The Morgan fingerprint density at radius 2 is 1.94 bits per heavy atom. The fraction of sp³-hybridized carbons (Fsp3) is 0.360. The van der Waals surface area contributed by atoms with Crippen LogP contribution in [0.25, 0.3) is 11.5 Å². The molecule has 1 aliphatic rings. The Bertz CT molecular complexity index is 1360. The molecule has 0 unspecified atom stereocenters. The van der Waals surface area contributed by atoms with Crippen molar-refractivity contribution in [3.05, 3.63) is 76.2 Å². The molecule has 0 fully saturated rings. The molecule has 0 saturated carbocycles. The lowest BCUT2D eigenvalue weighted by molar-refractivity contribution is 0.0733. The van der Waals surface area contributed by atoms with E-state index in [9.17, 15) is 9.18 Å². The summed E-state index contributed by atoms with van der Waals surface area (Å²) in [6.07, 6.45) is 2.44. The summed E-state index contributed by atoms with van der Waals surface area (Å²) in [6.45, 7) is 8.46. The molecule has 1 amide bonds. The van der Waals surface area contributed by atoms with Crippen molar-refractivity contribution in [2.45, 2.75) is 46.8 Å². The van der Waals surface area contributed by atoms with Gasteiger partial charge in [0.2, 0.25) is 0 Å². The van der Waals surface area contributed by atoms with E-state index in [4.69, 9.17) is 5.10 Å². The number of aryl methyl sites for hydroxylation is 3. The SMILES string of the molecule is CCn1cnnc1-c1nn(C)c2c1CN(C(=O)c1cc(C)n(Cc3ccc(F)cc3)c1C)CC2. The van der Waals surface area contributed by atoms with E-state index in [2.05, 4.69) is 14.8 Å². The Hall–Kier alpha value is -3.75. The highest BCUT2D eigenvalue weighted by molar-refractivity contribution is 5.96. The molecule has 3 aromatic heterocycles. The van der Waals surface area contributed by atoms with Gasteiger partial charge in [-0.3, -0.25) is 9.48 Å². The lowest BCUT2D eigenvalue weighted by atomic mass is 10.0. The predicted octanol–water partition coefficient (Wildman–Crippen LogP) is 3.50. The lowest BCUT2D eigenvalue weighted by Gasteiger charge is -2.28. The van der Waals surface area contributed by atoms with Crippen LogP contribution in [0, 0.1) is 19.7 Å². The summed E-state index contributed by atoms with van der Waals surface area (Å²) in [4.78, 5) is 15.5. The van der Waals surface area contributed by atoms with Crippen molar-refractivity contribution in [3.8, 4) is 11.5 Å². The number of benzene rings is 1. The summed E-state index contributed by atoms with van der Waals surface area (Å²) < 4.78 is 19.3. The minimum Gasteiger partial charge on any atom is -0.344 e. The number of fused-ring (bicyclic) bond motifs is 1. The zero-order chi connectivity index (χ0) is 24.0. The van der Waals surface area contributed by atoms with Crippen LogP contribution >= 0.6 is 0 Å². The van der Waals surface area contributed by atoms with E-state index in [0.717, 1.165) is 52.7 Å². The predicted molar refractivity (Wildman–Crippen MR) is 126 cm³/mol. The van der Waals surface area contributed by atoms with Gasteiger partial charge in [0.15, 0.2) is 5.82 Å². The third-order valence-corrected chi connectivity index (χ3v) is 6.76. The molecule has 0 bridgehead atoms. The fourth-order valence-corrected chi connectivity index (χ4v) is 4.82. The summed E-state index contributed by atoms with van der Waals surface area (Å²) in [5.74, 6) is 0.485. The van der Waals surface area contributed by atoms with Crippen LogP contribution in [-0.2, 0) is 33.1 Å². The smallest absolute Gasteiger partial charge is 0.255 e. The number of hydrogen-bond donors (Lipinski definition) is 0. The Kier molecular flexibility index (Phi) is 5.55. The summed E-state index contributed by atoms with van der Waals surface area (Å²) in [5.41, 5.74) is 6.55. The Morgan fingerprint density at radius 3 is 2.68 bits per heavy atom. The van der Waals surface area contributed by atoms with Crippen molar-refractivity contribution in [1.82, 2.24) is 34.0 Å². The number of carbonyl (C=O) groups is 1. The van der Waals surface area contributed by atoms with E-state index in [0.29, 0.717) is 25.2 Å². The van der Waals surface area contributed by atoms with Crippen LogP contribution in [-0.4, -0.2) is 46.5 Å². The van der Waals surface area contributed by atoms with E-state index in [1.54, 1.807) is 18.5 Å². The van der Waals surface area contributed by atoms with Crippen molar-refractivity contribution < 1.29 is 9.18 Å². The number of nitrogens with zero attached hydrogens (tertiary/aromatic N) is 7. The minimum absolute atomic E-state index is 0.0101. The number of hydrogen-bond acceptors (Lipinski definition) is 4. The van der Waals surface area contributed by atoms with Gasteiger partial charge in [0, 0.05) is 55.7 Å². The second-order valence-corrected chi connectivity index (χ2v) is 8.81. The molecule has 1 aromatic carbocycles. The van der Waals surface area contributed by atoms with Crippen molar-refractivity contribution in [2.24, 2.45) is 7.05 Å². The number of amides is 1. The Morgan fingerprint density at radius 1 is 1.18 bits per heavy atom. The van der Waals surface area contributed by atoms with E-state index in [1.165, 1.54) is 12.1 Å². The molecule has 0 saturated heterocycles. The molecule has 176 valence electrons. The summed E-state index contributed by atoms with van der Waals surface area (Å²) in [7, 11) is 1.94. The molecule has 34 heavy (non-hydrogen) atoms. The van der Waals surface area contributed by atoms with Gasteiger partial charge in [-0.25, -0.2) is 4.39 Å². The fourth-order valence-electron chi connectivity index (χ4n) is 4.82. The standard InChI is InChI=1S/C25H28FN7O/c1-5-31-15-27-28-24(31)23-21-14-32(11-10-22(21)30(4)29-23)25(34)20-12-16(2)33(17(20)3)13-18-6-8-19(26)9-7-18/h6-9,12,15H,5,10-11,13-14H2,1-4H3. The highest BCUT2D eigenvalue weighted by Crippen LogP contribution is 2.30. The first-order chi connectivity index (χ1) is 16.4. The number of halogens is 1. The number of rotatable bonds is 5. The van der Waals surface area contributed by atoms with Crippen molar-refractivity contribution >= 4 is 5.91 Å². The van der Waals surface area contributed by atoms with E-state index < -0.39 is 0 Å². The maximum Gasteiger partial charge on any atom is 0.255 e. The molecule has 8 nitrogen and oxygen atoms in total. The summed E-state index contributed by atoms with van der Waals surface area (Å²) in [5, 5.41) is 13.1. The highest BCUT2D eigenvalue weighted by Gasteiger charge is 2.30. The molecular formula is C25H28FN7O. The quantitative estimate of drug-likeness (QED) is 0.456. The zero-order valence-corrected chi connectivity index (χ0v) is 19.9. The van der Waals surface area contributed by atoms with Gasteiger partial charge in [-0.1, -0.05) is 12.1 Å². The normalized spacial score (nSPS) is 13.4.